The third-order valence-electron chi connectivity index (χ3n) is 2.71. The summed E-state index contributed by atoms with van der Waals surface area (Å²) in [6.07, 6.45) is 8.24. The van der Waals surface area contributed by atoms with E-state index >= 15 is 0 Å². The van der Waals surface area contributed by atoms with E-state index in [0.29, 0.717) is 0 Å². The highest BCUT2D eigenvalue weighted by Gasteiger charge is 1.83. The minimum absolute atomic E-state index is 1.08. The largest absolute Gasteiger partial charge is 0.103 e. The molecule has 0 saturated heterocycles. The standard InChI is InChI=1S/C8H10.2C4H10.C4H8/c1-7-5-3-4-6-8(7)2;3*1-3-4-2/h3-6H,1-2H3;2*3-4H2,1-2H3;3H,1,4H2,2H3. The summed E-state index contributed by atoms with van der Waals surface area (Å²) in [7, 11) is 0. The molecule has 0 amide bonds. The molecule has 0 nitrogen and oxygen atoms in total. The van der Waals surface area contributed by atoms with E-state index in [9.17, 15) is 0 Å². The van der Waals surface area contributed by atoms with Gasteiger partial charge in [-0.15, -0.1) is 6.58 Å². The summed E-state index contributed by atoms with van der Waals surface area (Å²) in [4.78, 5) is 0. The maximum Gasteiger partial charge on any atom is -0.0382 e. The lowest BCUT2D eigenvalue weighted by Gasteiger charge is -1.93. The molecule has 0 aliphatic carbocycles. The van der Waals surface area contributed by atoms with Gasteiger partial charge in [0.15, 0.2) is 0 Å². The van der Waals surface area contributed by atoms with Gasteiger partial charge in [0.25, 0.3) is 0 Å². The van der Waals surface area contributed by atoms with E-state index in [0.717, 1.165) is 6.42 Å². The minimum atomic E-state index is 1.08. The van der Waals surface area contributed by atoms with Crippen molar-refractivity contribution in [3.8, 4) is 0 Å². The molecule has 0 heteroatoms. The molecule has 0 unspecified atom stereocenters. The molecule has 0 radical (unpaired) electrons. The Balaban J connectivity index is -0.000000209. The number of unbranched alkanes of at least 4 members (excludes halogenated alkanes) is 2. The molecule has 0 atom stereocenters. The van der Waals surface area contributed by atoms with Gasteiger partial charge in [-0.25, -0.2) is 0 Å². The van der Waals surface area contributed by atoms with Crippen LogP contribution in [0.3, 0.4) is 0 Å². The molecule has 0 N–H and O–H groups in total. The predicted octanol–water partition coefficient (Wildman–Crippen LogP) is 7.50. The summed E-state index contributed by atoms with van der Waals surface area (Å²) < 4.78 is 0. The van der Waals surface area contributed by atoms with Crippen LogP contribution in [0.15, 0.2) is 36.9 Å². The van der Waals surface area contributed by atoms with Crippen LogP contribution in [-0.2, 0) is 0 Å². The van der Waals surface area contributed by atoms with Gasteiger partial charge in [-0.3, -0.25) is 0 Å². The first-order chi connectivity index (χ1) is 9.55. The third kappa shape index (κ3) is 25.7. The summed E-state index contributed by atoms with van der Waals surface area (Å²) in [5.41, 5.74) is 2.74. The number of allylic oxidation sites excluding steroid dienone is 1. The second-order valence-electron chi connectivity index (χ2n) is 4.78. The van der Waals surface area contributed by atoms with Crippen molar-refractivity contribution in [2.75, 3.05) is 0 Å². The van der Waals surface area contributed by atoms with Crippen LogP contribution in [0.25, 0.3) is 0 Å². The third-order valence-corrected chi connectivity index (χ3v) is 2.71. The van der Waals surface area contributed by atoms with E-state index in [1.807, 2.05) is 6.08 Å². The fourth-order valence-electron chi connectivity index (χ4n) is 0.663. The van der Waals surface area contributed by atoms with Gasteiger partial charge in [0.2, 0.25) is 0 Å². The SMILES string of the molecule is C=CCC.CCCC.CCCC.Cc1ccccc1C. The molecule has 1 aromatic rings. The number of hydrogen-bond acceptors (Lipinski definition) is 0. The van der Waals surface area contributed by atoms with Crippen molar-refractivity contribution in [3.05, 3.63) is 48.0 Å². The van der Waals surface area contributed by atoms with E-state index in [-0.39, 0.29) is 0 Å². The zero-order chi connectivity index (χ0) is 16.2. The number of benzene rings is 1. The highest BCUT2D eigenvalue weighted by atomic mass is 13.9. The Labute approximate surface area is 129 Å². The molecule has 0 aliphatic rings. The second kappa shape index (κ2) is 23.1. The van der Waals surface area contributed by atoms with E-state index in [2.05, 4.69) is 79.3 Å². The Bertz CT molecular complexity index is 244. The lowest BCUT2D eigenvalue weighted by molar-refractivity contribution is 0.886. The highest BCUT2D eigenvalue weighted by Crippen LogP contribution is 2.02. The van der Waals surface area contributed by atoms with Crippen LogP contribution in [0.4, 0.5) is 0 Å². The van der Waals surface area contributed by atoms with E-state index in [4.69, 9.17) is 0 Å². The van der Waals surface area contributed by atoms with Crippen LogP contribution in [0.2, 0.25) is 0 Å². The summed E-state index contributed by atoms with van der Waals surface area (Å²) in [5.74, 6) is 0. The normalized spacial score (nSPS) is 7.95. The molecule has 0 aromatic heterocycles. The van der Waals surface area contributed by atoms with Crippen molar-refractivity contribution in [2.45, 2.75) is 80.6 Å². The molecule has 118 valence electrons. The summed E-state index contributed by atoms with van der Waals surface area (Å²) in [6, 6.07) is 8.36. The van der Waals surface area contributed by atoms with Gasteiger partial charge in [-0.05, 0) is 31.4 Å². The molecule has 1 rings (SSSR count). The second-order valence-corrected chi connectivity index (χ2v) is 4.78. The lowest BCUT2D eigenvalue weighted by Crippen LogP contribution is -1.74. The highest BCUT2D eigenvalue weighted by molar-refractivity contribution is 5.23. The Morgan fingerprint density at radius 2 is 1.00 bits per heavy atom. The van der Waals surface area contributed by atoms with Gasteiger partial charge in [0.05, 0.1) is 0 Å². The molecular weight excluding hydrogens is 240 g/mol. The molecule has 0 spiro atoms. The van der Waals surface area contributed by atoms with Crippen molar-refractivity contribution in [3.63, 3.8) is 0 Å². The summed E-state index contributed by atoms with van der Waals surface area (Å²) in [6.45, 7) is 18.5. The predicted molar refractivity (Wildman–Crippen MR) is 97.6 cm³/mol. The molecule has 20 heavy (non-hydrogen) atoms. The smallest absolute Gasteiger partial charge is 0.0382 e. The zero-order valence-electron chi connectivity index (χ0n) is 15.1. The van der Waals surface area contributed by atoms with Crippen LogP contribution < -0.4 is 0 Å². The van der Waals surface area contributed by atoms with Crippen molar-refractivity contribution >= 4 is 0 Å². The molecular formula is C20H38. The lowest BCUT2D eigenvalue weighted by atomic mass is 10.1. The van der Waals surface area contributed by atoms with Crippen LogP contribution in [0.5, 0.6) is 0 Å². The molecule has 0 saturated carbocycles. The first-order valence-corrected chi connectivity index (χ1v) is 8.18. The zero-order valence-corrected chi connectivity index (χ0v) is 15.1. The van der Waals surface area contributed by atoms with Gasteiger partial charge in [-0.1, -0.05) is 90.6 Å². The van der Waals surface area contributed by atoms with E-state index < -0.39 is 0 Å². The first kappa shape index (κ1) is 24.0. The fourth-order valence-corrected chi connectivity index (χ4v) is 0.663. The van der Waals surface area contributed by atoms with Crippen molar-refractivity contribution < 1.29 is 0 Å². The maximum absolute atomic E-state index is 3.48. The molecule has 0 heterocycles. The average Bonchev–Trinajstić information content (AvgIpc) is 2.51. The van der Waals surface area contributed by atoms with Crippen molar-refractivity contribution in [1.82, 2.24) is 0 Å². The number of hydrogen-bond donors (Lipinski definition) is 0. The Hall–Kier alpha value is -1.04. The van der Waals surface area contributed by atoms with Gasteiger partial charge in [-0.2, -0.15) is 0 Å². The monoisotopic (exact) mass is 278 g/mol. The van der Waals surface area contributed by atoms with Gasteiger partial charge >= 0.3 is 0 Å². The van der Waals surface area contributed by atoms with Crippen molar-refractivity contribution in [1.29, 1.82) is 0 Å². The van der Waals surface area contributed by atoms with Crippen LogP contribution in [0, 0.1) is 13.8 Å². The quantitative estimate of drug-likeness (QED) is 0.502. The topological polar surface area (TPSA) is 0 Å². The maximum atomic E-state index is 3.48. The first-order valence-electron chi connectivity index (χ1n) is 8.18. The van der Waals surface area contributed by atoms with Crippen LogP contribution in [0.1, 0.15) is 77.8 Å². The Morgan fingerprint density at radius 3 is 1.10 bits per heavy atom. The summed E-state index contributed by atoms with van der Waals surface area (Å²) >= 11 is 0. The van der Waals surface area contributed by atoms with E-state index in [1.54, 1.807) is 0 Å². The van der Waals surface area contributed by atoms with Gasteiger partial charge < -0.3 is 0 Å². The molecule has 0 fully saturated rings. The average molecular weight is 279 g/mol. The van der Waals surface area contributed by atoms with Crippen molar-refractivity contribution in [2.24, 2.45) is 0 Å². The van der Waals surface area contributed by atoms with Gasteiger partial charge in [0, 0.05) is 0 Å². The Kier molecular flexibility index (Phi) is 27.7. The minimum Gasteiger partial charge on any atom is -0.103 e. The van der Waals surface area contributed by atoms with Crippen LogP contribution >= 0.6 is 0 Å². The molecule has 0 bridgehead atoms. The molecule has 0 aliphatic heterocycles. The molecule has 1 aromatic carbocycles. The summed E-state index contributed by atoms with van der Waals surface area (Å²) in [5, 5.41) is 0. The number of rotatable bonds is 3. The Morgan fingerprint density at radius 1 is 0.750 bits per heavy atom. The van der Waals surface area contributed by atoms with Crippen LogP contribution in [-0.4, -0.2) is 0 Å². The van der Waals surface area contributed by atoms with E-state index in [1.165, 1.54) is 36.8 Å². The van der Waals surface area contributed by atoms with Gasteiger partial charge in [0.1, 0.15) is 0 Å². The fraction of sp³-hybridized carbons (Fsp3) is 0.600. The number of aryl methyl sites for hydroxylation is 2.